The first-order chi connectivity index (χ1) is 14.0. The summed E-state index contributed by atoms with van der Waals surface area (Å²) in [6.45, 7) is 5.41. The van der Waals surface area contributed by atoms with Crippen LogP contribution in [0.4, 0.5) is 5.69 Å². The second-order valence-electron chi connectivity index (χ2n) is 7.96. The van der Waals surface area contributed by atoms with Gasteiger partial charge in [-0.15, -0.1) is 0 Å². The normalized spacial score (nSPS) is 13.6. The highest BCUT2D eigenvalue weighted by atomic mass is 16.2. The van der Waals surface area contributed by atoms with Crippen LogP contribution in [-0.4, -0.2) is 26.6 Å². The summed E-state index contributed by atoms with van der Waals surface area (Å²) in [6, 6.07) is 17.3. The minimum atomic E-state index is -0.169. The predicted octanol–water partition coefficient (Wildman–Crippen LogP) is 3.51. The van der Waals surface area contributed by atoms with Gasteiger partial charge in [-0.3, -0.25) is 9.59 Å². The summed E-state index contributed by atoms with van der Waals surface area (Å²) in [5, 5.41) is 4.55. The molecule has 2 aromatic heterocycles. The van der Waals surface area contributed by atoms with Crippen LogP contribution in [-0.2, 0) is 13.0 Å². The molecule has 0 fully saturated rings. The smallest absolute Gasteiger partial charge is 0.278 e. The van der Waals surface area contributed by atoms with E-state index in [0.29, 0.717) is 30.2 Å². The molecule has 6 nitrogen and oxygen atoms in total. The van der Waals surface area contributed by atoms with Crippen LogP contribution in [0.5, 0.6) is 0 Å². The summed E-state index contributed by atoms with van der Waals surface area (Å²) in [5.41, 5.74) is 4.35. The third kappa shape index (κ3) is 2.75. The van der Waals surface area contributed by atoms with Crippen LogP contribution >= 0.6 is 0 Å². The maximum atomic E-state index is 13.2. The van der Waals surface area contributed by atoms with Gasteiger partial charge in [0.05, 0.1) is 11.0 Å². The van der Waals surface area contributed by atoms with Crippen LogP contribution in [0.2, 0.25) is 0 Å². The van der Waals surface area contributed by atoms with E-state index in [1.54, 1.807) is 20.0 Å². The van der Waals surface area contributed by atoms with Gasteiger partial charge in [0.25, 0.3) is 11.5 Å². The van der Waals surface area contributed by atoms with Crippen molar-refractivity contribution in [3.8, 4) is 0 Å². The van der Waals surface area contributed by atoms with Crippen molar-refractivity contribution in [1.82, 2.24) is 14.2 Å². The zero-order valence-corrected chi connectivity index (χ0v) is 16.5. The van der Waals surface area contributed by atoms with Gasteiger partial charge >= 0.3 is 0 Å². The van der Waals surface area contributed by atoms with Crippen molar-refractivity contribution >= 4 is 28.1 Å². The number of amides is 1. The highest BCUT2D eigenvalue weighted by Crippen LogP contribution is 2.29. The Morgan fingerprint density at radius 1 is 1.03 bits per heavy atom. The average molecular weight is 386 g/mol. The third-order valence-electron chi connectivity index (χ3n) is 5.47. The van der Waals surface area contributed by atoms with E-state index in [2.05, 4.69) is 18.9 Å². The zero-order valence-electron chi connectivity index (χ0n) is 16.5. The van der Waals surface area contributed by atoms with Crippen LogP contribution in [0, 0.1) is 5.92 Å². The van der Waals surface area contributed by atoms with E-state index in [4.69, 9.17) is 0 Å². The number of para-hydroxylation sites is 3. The number of hydrogen-bond donors (Lipinski definition) is 0. The van der Waals surface area contributed by atoms with E-state index in [1.807, 2.05) is 48.5 Å². The van der Waals surface area contributed by atoms with Gasteiger partial charge in [0.15, 0.2) is 5.69 Å². The summed E-state index contributed by atoms with van der Waals surface area (Å²) in [4.78, 5) is 28.2. The van der Waals surface area contributed by atoms with Crippen molar-refractivity contribution < 1.29 is 4.79 Å². The molecule has 1 aliphatic rings. The first kappa shape index (κ1) is 17.7. The van der Waals surface area contributed by atoms with Crippen molar-refractivity contribution in [2.45, 2.75) is 26.8 Å². The Labute approximate surface area is 168 Å². The van der Waals surface area contributed by atoms with Crippen molar-refractivity contribution in [2.24, 2.45) is 5.92 Å². The van der Waals surface area contributed by atoms with Gasteiger partial charge in [-0.2, -0.15) is 5.10 Å². The molecule has 2 aromatic carbocycles. The molecule has 0 spiro atoms. The van der Waals surface area contributed by atoms with E-state index in [1.165, 1.54) is 0 Å². The molecule has 29 heavy (non-hydrogen) atoms. The lowest BCUT2D eigenvalue weighted by Gasteiger charge is -2.15. The van der Waals surface area contributed by atoms with Gasteiger partial charge < -0.3 is 9.47 Å². The molecule has 0 radical (unpaired) electrons. The first-order valence-electron chi connectivity index (χ1n) is 9.95. The number of benzene rings is 2. The van der Waals surface area contributed by atoms with E-state index in [-0.39, 0.29) is 11.5 Å². The van der Waals surface area contributed by atoms with Crippen LogP contribution < -0.4 is 10.5 Å². The van der Waals surface area contributed by atoms with E-state index in [9.17, 15) is 9.59 Å². The quantitative estimate of drug-likeness (QED) is 0.541. The monoisotopic (exact) mass is 386 g/mol. The molecule has 0 bridgehead atoms. The fourth-order valence-corrected chi connectivity index (χ4v) is 4.17. The van der Waals surface area contributed by atoms with Gasteiger partial charge in [-0.25, -0.2) is 4.52 Å². The number of fused-ring (bicyclic) bond motifs is 4. The van der Waals surface area contributed by atoms with Gasteiger partial charge in [0.1, 0.15) is 5.52 Å². The molecule has 6 heteroatoms. The molecule has 5 rings (SSSR count). The topological polar surface area (TPSA) is 59.6 Å². The molecule has 3 heterocycles. The molecule has 0 unspecified atom stereocenters. The molecule has 1 amide bonds. The fraction of sp³-hybridized carbons (Fsp3) is 0.261. The minimum Gasteiger partial charge on any atom is -0.306 e. The molecule has 4 aromatic rings. The second-order valence-corrected chi connectivity index (χ2v) is 7.96. The van der Waals surface area contributed by atoms with Gasteiger partial charge in [0, 0.05) is 24.8 Å². The van der Waals surface area contributed by atoms with Crippen molar-refractivity contribution in [3.05, 3.63) is 76.2 Å². The minimum absolute atomic E-state index is 0.120. The van der Waals surface area contributed by atoms with Crippen LogP contribution in [0.25, 0.3) is 16.6 Å². The number of hydrogen-bond acceptors (Lipinski definition) is 3. The Balaban J connectivity index is 1.68. The molecule has 146 valence electrons. The van der Waals surface area contributed by atoms with Crippen LogP contribution in [0.1, 0.15) is 29.9 Å². The van der Waals surface area contributed by atoms with E-state index >= 15 is 0 Å². The summed E-state index contributed by atoms with van der Waals surface area (Å²) < 4.78 is 3.40. The Morgan fingerprint density at radius 3 is 2.55 bits per heavy atom. The van der Waals surface area contributed by atoms with Crippen LogP contribution in [0.3, 0.4) is 0 Å². The Hall–Kier alpha value is -3.41. The number of nitrogens with zero attached hydrogens (tertiary/aromatic N) is 4. The number of anilines is 1. The summed E-state index contributed by atoms with van der Waals surface area (Å²) >= 11 is 0. The first-order valence-corrected chi connectivity index (χ1v) is 9.95. The number of aromatic nitrogens is 3. The van der Waals surface area contributed by atoms with Crippen molar-refractivity contribution in [3.63, 3.8) is 0 Å². The lowest BCUT2D eigenvalue weighted by atomic mass is 10.2. The number of carbonyl (C=O) groups excluding carboxylic acids is 1. The van der Waals surface area contributed by atoms with Crippen molar-refractivity contribution in [2.75, 3.05) is 11.4 Å². The summed E-state index contributed by atoms with van der Waals surface area (Å²) in [6.07, 6.45) is 0.833. The molecular weight excluding hydrogens is 364 g/mol. The average Bonchev–Trinajstić information content (AvgIpc) is 3.35. The lowest BCUT2D eigenvalue weighted by molar-refractivity contribution is 0.0984. The van der Waals surface area contributed by atoms with Crippen molar-refractivity contribution in [1.29, 1.82) is 0 Å². The summed E-state index contributed by atoms with van der Waals surface area (Å²) in [5.74, 6) is 0.154. The van der Waals surface area contributed by atoms with Gasteiger partial charge in [-0.1, -0.05) is 44.2 Å². The third-order valence-corrected chi connectivity index (χ3v) is 5.47. The Morgan fingerprint density at radius 2 is 1.76 bits per heavy atom. The Bertz CT molecular complexity index is 1320. The molecular formula is C23H22N4O2. The Kier molecular flexibility index (Phi) is 4.01. The van der Waals surface area contributed by atoms with Crippen LogP contribution in [0.15, 0.2) is 59.4 Å². The van der Waals surface area contributed by atoms with E-state index in [0.717, 1.165) is 28.7 Å². The molecule has 0 N–H and O–H groups in total. The largest absolute Gasteiger partial charge is 0.306 e. The zero-order chi connectivity index (χ0) is 20.1. The SMILES string of the molecule is CC(C)Cn1c(=O)c2cc(C(=O)N3CCc4ccccc43)nn2c2ccccc21. The van der Waals surface area contributed by atoms with Gasteiger partial charge in [-0.05, 0) is 36.1 Å². The van der Waals surface area contributed by atoms with E-state index < -0.39 is 0 Å². The molecule has 0 atom stereocenters. The molecule has 1 aliphatic heterocycles. The molecule has 0 aliphatic carbocycles. The number of rotatable bonds is 3. The predicted molar refractivity (Wildman–Crippen MR) is 114 cm³/mol. The standard InChI is InChI=1S/C23H22N4O2/c1-15(2)14-26-19-9-5-6-10-20(19)27-21(23(26)29)13-17(24-27)22(28)25-12-11-16-7-3-4-8-18(16)25/h3-10,13,15H,11-12,14H2,1-2H3. The lowest BCUT2D eigenvalue weighted by Crippen LogP contribution is -2.29. The second kappa shape index (κ2) is 6.58. The number of carbonyl (C=O) groups is 1. The maximum absolute atomic E-state index is 13.2. The van der Waals surface area contributed by atoms with Gasteiger partial charge in [0.2, 0.25) is 0 Å². The fourth-order valence-electron chi connectivity index (χ4n) is 4.17. The molecule has 0 saturated heterocycles. The highest BCUT2D eigenvalue weighted by Gasteiger charge is 2.27. The highest BCUT2D eigenvalue weighted by molar-refractivity contribution is 6.06. The molecule has 0 saturated carbocycles. The maximum Gasteiger partial charge on any atom is 0.278 e. The summed E-state index contributed by atoms with van der Waals surface area (Å²) in [7, 11) is 0.